The average molecular weight is 358 g/mol. The van der Waals surface area contributed by atoms with E-state index in [1.165, 1.54) is 18.4 Å². The van der Waals surface area contributed by atoms with E-state index in [1.807, 2.05) is 13.8 Å². The van der Waals surface area contributed by atoms with Crippen LogP contribution >= 0.6 is 11.3 Å². The largest absolute Gasteiger partial charge is 0.496 e. The summed E-state index contributed by atoms with van der Waals surface area (Å²) in [5.74, 6) is 0.386. The molecular weight excluding hydrogens is 340 g/mol. The molecule has 2 aromatic heterocycles. The number of benzene rings is 1. The lowest BCUT2D eigenvalue weighted by Crippen LogP contribution is -2.29. The van der Waals surface area contributed by atoms with Gasteiger partial charge in [0.1, 0.15) is 10.6 Å². The smallest absolute Gasteiger partial charge is 0.261 e. The van der Waals surface area contributed by atoms with Crippen molar-refractivity contribution in [3.05, 3.63) is 40.8 Å². The van der Waals surface area contributed by atoms with E-state index in [-0.39, 0.29) is 17.9 Å². The number of nitrogens with one attached hydrogen (secondary N) is 3. The topological polar surface area (TPSA) is 96.1 Å². The summed E-state index contributed by atoms with van der Waals surface area (Å²) in [5.41, 5.74) is 0.411. The molecule has 1 aromatic carbocycles. The lowest BCUT2D eigenvalue weighted by atomic mass is 10.2. The van der Waals surface area contributed by atoms with Gasteiger partial charge in [0.25, 0.3) is 11.8 Å². The third-order valence-corrected chi connectivity index (χ3v) is 4.52. The Morgan fingerprint density at radius 2 is 2.00 bits per heavy atom. The molecule has 0 unspecified atom stereocenters. The molecule has 0 radical (unpaired) electrons. The molecule has 0 spiro atoms. The number of nitrogens with zero attached hydrogens (tertiary/aromatic N) is 1. The first-order valence-electron chi connectivity index (χ1n) is 7.72. The maximum absolute atomic E-state index is 12.5. The third kappa shape index (κ3) is 3.48. The first-order chi connectivity index (χ1) is 12.0. The number of para-hydroxylation sites is 1. The van der Waals surface area contributed by atoms with Crippen LogP contribution in [0.4, 0.5) is 5.82 Å². The summed E-state index contributed by atoms with van der Waals surface area (Å²) in [6, 6.07) is 8.72. The van der Waals surface area contributed by atoms with Crippen LogP contribution in [0.1, 0.15) is 33.9 Å². The molecule has 3 N–H and O–H groups in total. The second kappa shape index (κ2) is 6.94. The Morgan fingerprint density at radius 3 is 2.72 bits per heavy atom. The van der Waals surface area contributed by atoms with E-state index in [9.17, 15) is 9.59 Å². The van der Waals surface area contributed by atoms with Gasteiger partial charge in [0, 0.05) is 6.04 Å². The highest BCUT2D eigenvalue weighted by Crippen LogP contribution is 2.30. The monoisotopic (exact) mass is 358 g/mol. The normalized spacial score (nSPS) is 10.9. The highest BCUT2D eigenvalue weighted by molar-refractivity contribution is 7.20. The molecule has 0 aliphatic carbocycles. The van der Waals surface area contributed by atoms with Crippen LogP contribution in [0.25, 0.3) is 10.2 Å². The molecule has 0 bridgehead atoms. The van der Waals surface area contributed by atoms with Gasteiger partial charge in [-0.2, -0.15) is 5.10 Å². The number of hydrogen-bond donors (Lipinski definition) is 3. The Balaban J connectivity index is 1.85. The molecule has 0 saturated heterocycles. The van der Waals surface area contributed by atoms with E-state index < -0.39 is 0 Å². The number of carbonyl (C=O) groups is 2. The minimum Gasteiger partial charge on any atom is -0.496 e. The SMILES string of the molecule is COc1ccccc1C(=O)Nc1n[nH]c2sc(C(=O)NC(C)C)cc12. The minimum atomic E-state index is -0.328. The Labute approximate surface area is 148 Å². The number of amides is 2. The number of methoxy groups -OCH3 is 1. The number of thiophene rings is 1. The number of aromatic nitrogens is 2. The average Bonchev–Trinajstić information content (AvgIpc) is 3.16. The molecule has 7 nitrogen and oxygen atoms in total. The van der Waals surface area contributed by atoms with Crippen molar-refractivity contribution in [2.45, 2.75) is 19.9 Å². The predicted molar refractivity (Wildman–Crippen MR) is 97.5 cm³/mol. The molecule has 2 heterocycles. The van der Waals surface area contributed by atoms with E-state index in [0.717, 1.165) is 4.83 Å². The summed E-state index contributed by atoms with van der Waals surface area (Å²) in [7, 11) is 1.51. The van der Waals surface area contributed by atoms with E-state index in [2.05, 4.69) is 20.8 Å². The lowest BCUT2D eigenvalue weighted by Gasteiger charge is -2.07. The molecule has 25 heavy (non-hydrogen) atoms. The summed E-state index contributed by atoms with van der Waals surface area (Å²) in [4.78, 5) is 25.9. The number of anilines is 1. The van der Waals surface area contributed by atoms with Crippen LogP contribution in [-0.4, -0.2) is 35.2 Å². The van der Waals surface area contributed by atoms with E-state index in [1.54, 1.807) is 30.3 Å². The van der Waals surface area contributed by atoms with Crippen molar-refractivity contribution in [2.75, 3.05) is 12.4 Å². The Hall–Kier alpha value is -2.87. The molecule has 0 atom stereocenters. The number of fused-ring (bicyclic) bond motifs is 1. The number of hydrogen-bond acceptors (Lipinski definition) is 5. The number of H-pyrrole nitrogens is 1. The second-order valence-corrected chi connectivity index (χ2v) is 6.76. The quantitative estimate of drug-likeness (QED) is 0.653. The van der Waals surface area contributed by atoms with Gasteiger partial charge in [-0.3, -0.25) is 14.7 Å². The highest BCUT2D eigenvalue weighted by atomic mass is 32.1. The summed E-state index contributed by atoms with van der Waals surface area (Å²) < 4.78 is 5.21. The van der Waals surface area contributed by atoms with Gasteiger partial charge in [-0.1, -0.05) is 12.1 Å². The summed E-state index contributed by atoms with van der Waals surface area (Å²) in [6.07, 6.45) is 0. The van der Waals surface area contributed by atoms with Crippen molar-refractivity contribution < 1.29 is 14.3 Å². The first kappa shape index (κ1) is 17.0. The standard InChI is InChI=1S/C17H18N4O3S/c1-9(2)18-16(23)13-8-11-14(20-21-17(11)25-13)19-15(22)10-6-4-5-7-12(10)24-3/h4-9H,1-3H3,(H,18,23)(H2,19,20,21,22). The zero-order chi connectivity index (χ0) is 18.0. The van der Waals surface area contributed by atoms with Gasteiger partial charge in [0.05, 0.1) is 22.9 Å². The highest BCUT2D eigenvalue weighted by Gasteiger charge is 2.18. The number of aromatic amines is 1. The molecule has 3 aromatic rings. The molecule has 0 fully saturated rings. The minimum absolute atomic E-state index is 0.0517. The van der Waals surface area contributed by atoms with Crippen LogP contribution in [-0.2, 0) is 0 Å². The summed E-state index contributed by atoms with van der Waals surface area (Å²) in [5, 5.41) is 13.3. The van der Waals surface area contributed by atoms with Crippen molar-refractivity contribution >= 4 is 39.2 Å². The fraction of sp³-hybridized carbons (Fsp3) is 0.235. The molecule has 130 valence electrons. The Morgan fingerprint density at radius 1 is 1.24 bits per heavy atom. The molecule has 8 heteroatoms. The van der Waals surface area contributed by atoms with Crippen molar-refractivity contribution in [2.24, 2.45) is 0 Å². The van der Waals surface area contributed by atoms with E-state index in [4.69, 9.17) is 4.74 Å². The number of carbonyl (C=O) groups excluding carboxylic acids is 2. The van der Waals surface area contributed by atoms with Crippen LogP contribution in [0, 0.1) is 0 Å². The maximum atomic E-state index is 12.5. The van der Waals surface area contributed by atoms with Crippen molar-refractivity contribution in [3.8, 4) is 5.75 Å². The number of rotatable bonds is 5. The zero-order valence-corrected chi connectivity index (χ0v) is 14.9. The molecule has 0 aliphatic heterocycles. The maximum Gasteiger partial charge on any atom is 0.261 e. The van der Waals surface area contributed by atoms with Gasteiger partial charge < -0.3 is 15.4 Å². The zero-order valence-electron chi connectivity index (χ0n) is 14.0. The third-order valence-electron chi connectivity index (χ3n) is 3.48. The van der Waals surface area contributed by atoms with Gasteiger partial charge >= 0.3 is 0 Å². The van der Waals surface area contributed by atoms with Crippen LogP contribution in [0.2, 0.25) is 0 Å². The molecule has 0 saturated carbocycles. The Bertz CT molecular complexity index is 929. The summed E-state index contributed by atoms with van der Waals surface area (Å²) in [6.45, 7) is 3.80. The molecule has 0 aliphatic rings. The van der Waals surface area contributed by atoms with Crippen molar-refractivity contribution in [3.63, 3.8) is 0 Å². The Kier molecular flexibility index (Phi) is 4.71. The van der Waals surface area contributed by atoms with E-state index >= 15 is 0 Å². The summed E-state index contributed by atoms with van der Waals surface area (Å²) >= 11 is 1.29. The molecular formula is C17H18N4O3S. The van der Waals surface area contributed by atoms with Gasteiger partial charge in [0.15, 0.2) is 5.82 Å². The number of ether oxygens (including phenoxy) is 1. The van der Waals surface area contributed by atoms with E-state index in [0.29, 0.717) is 27.4 Å². The van der Waals surface area contributed by atoms with Gasteiger partial charge in [-0.25, -0.2) is 0 Å². The predicted octanol–water partition coefficient (Wildman–Crippen LogP) is 3.02. The van der Waals surface area contributed by atoms with Gasteiger partial charge in [-0.15, -0.1) is 11.3 Å². The van der Waals surface area contributed by atoms with Gasteiger partial charge in [-0.05, 0) is 32.0 Å². The molecule has 2 amide bonds. The lowest BCUT2D eigenvalue weighted by molar-refractivity contribution is 0.0946. The first-order valence-corrected chi connectivity index (χ1v) is 8.54. The fourth-order valence-electron chi connectivity index (χ4n) is 2.36. The fourth-order valence-corrected chi connectivity index (χ4v) is 3.27. The molecule has 3 rings (SSSR count). The van der Waals surface area contributed by atoms with Crippen LogP contribution in [0.5, 0.6) is 5.75 Å². The van der Waals surface area contributed by atoms with Crippen LogP contribution in [0.3, 0.4) is 0 Å². The van der Waals surface area contributed by atoms with Crippen molar-refractivity contribution in [1.29, 1.82) is 0 Å². The van der Waals surface area contributed by atoms with Crippen LogP contribution in [0.15, 0.2) is 30.3 Å². The van der Waals surface area contributed by atoms with Gasteiger partial charge in [0.2, 0.25) is 0 Å². The van der Waals surface area contributed by atoms with Crippen molar-refractivity contribution in [1.82, 2.24) is 15.5 Å². The van der Waals surface area contributed by atoms with Crippen LogP contribution < -0.4 is 15.4 Å². The second-order valence-electron chi connectivity index (χ2n) is 5.71.